The Hall–Kier alpha value is -3.84. The Bertz CT molecular complexity index is 1250. The van der Waals surface area contributed by atoms with Crippen molar-refractivity contribution < 1.29 is 4.74 Å². The van der Waals surface area contributed by atoms with Crippen LogP contribution in [0.1, 0.15) is 36.0 Å². The van der Waals surface area contributed by atoms with Crippen molar-refractivity contribution in [1.82, 2.24) is 15.0 Å². The number of rotatable bonds is 5. The van der Waals surface area contributed by atoms with E-state index >= 15 is 0 Å². The highest BCUT2D eigenvalue weighted by molar-refractivity contribution is 5.81. The maximum Gasteiger partial charge on any atom is 0.248 e. The predicted molar refractivity (Wildman–Crippen MR) is 113 cm³/mol. The summed E-state index contributed by atoms with van der Waals surface area (Å²) in [4.78, 5) is 12.4. The summed E-state index contributed by atoms with van der Waals surface area (Å²) in [6, 6.07) is 10.3. The molecule has 148 valence electrons. The van der Waals surface area contributed by atoms with Crippen LogP contribution in [0, 0.1) is 41.9 Å². The van der Waals surface area contributed by atoms with Crippen LogP contribution in [0.3, 0.4) is 0 Å². The first-order valence-electron chi connectivity index (χ1n) is 9.85. The number of aryl methyl sites for hydroxylation is 2. The Kier molecular flexibility index (Phi) is 3.84. The fourth-order valence-electron chi connectivity index (χ4n) is 4.79. The summed E-state index contributed by atoms with van der Waals surface area (Å²) >= 11 is 0. The van der Waals surface area contributed by atoms with Crippen LogP contribution < -0.4 is 10.1 Å². The highest BCUT2D eigenvalue weighted by Crippen LogP contribution is 2.67. The number of nitriles is 2. The molecule has 0 atom stereocenters. The quantitative estimate of drug-likeness (QED) is 0.602. The number of nitrogens with one attached hydrogen (secondary N) is 2. The third-order valence-corrected chi connectivity index (χ3v) is 6.05. The molecule has 30 heavy (non-hydrogen) atoms. The van der Waals surface area contributed by atoms with E-state index in [1.54, 1.807) is 6.08 Å². The second-order valence-electron chi connectivity index (χ2n) is 8.47. The van der Waals surface area contributed by atoms with Gasteiger partial charge in [-0.05, 0) is 74.1 Å². The van der Waals surface area contributed by atoms with Gasteiger partial charge >= 0.3 is 0 Å². The van der Waals surface area contributed by atoms with Gasteiger partial charge < -0.3 is 15.0 Å². The molecule has 1 aromatic carbocycles. The highest BCUT2D eigenvalue weighted by Gasteiger charge is 2.69. The van der Waals surface area contributed by atoms with E-state index in [0.717, 1.165) is 52.7 Å². The molecule has 3 saturated carbocycles. The lowest BCUT2D eigenvalue weighted by atomic mass is 9.40. The molecule has 0 unspecified atom stereocenters. The normalized spacial score (nSPS) is 24.0. The number of aromatic nitrogens is 3. The summed E-state index contributed by atoms with van der Waals surface area (Å²) in [6.45, 7) is 3.95. The van der Waals surface area contributed by atoms with E-state index in [0.29, 0.717) is 11.8 Å². The number of H-pyrrole nitrogens is 1. The van der Waals surface area contributed by atoms with Crippen LogP contribution in [0.5, 0.6) is 11.6 Å². The van der Waals surface area contributed by atoms with Gasteiger partial charge in [0.15, 0.2) is 0 Å². The first kappa shape index (κ1) is 18.2. The first-order chi connectivity index (χ1) is 14.4. The molecule has 3 aliphatic carbocycles. The number of hydrogen-bond donors (Lipinski definition) is 2. The maximum absolute atomic E-state index is 9.25. The fourth-order valence-corrected chi connectivity index (χ4v) is 4.79. The van der Waals surface area contributed by atoms with Crippen molar-refractivity contribution >= 4 is 23.1 Å². The first-order valence-corrected chi connectivity index (χ1v) is 9.85. The van der Waals surface area contributed by atoms with Gasteiger partial charge in [0.05, 0.1) is 23.1 Å². The fraction of sp³-hybridized carbons (Fsp3) is 0.304. The lowest BCUT2D eigenvalue weighted by Gasteiger charge is -2.66. The zero-order valence-electron chi connectivity index (χ0n) is 16.8. The molecule has 7 heteroatoms. The summed E-state index contributed by atoms with van der Waals surface area (Å²) < 4.78 is 6.27. The van der Waals surface area contributed by atoms with Crippen LogP contribution in [-0.4, -0.2) is 20.5 Å². The van der Waals surface area contributed by atoms with Gasteiger partial charge in [-0.1, -0.05) is 0 Å². The average molecular weight is 396 g/mol. The molecular formula is C23H20N6O. The van der Waals surface area contributed by atoms with Gasteiger partial charge in [0.25, 0.3) is 0 Å². The number of benzene rings is 1. The van der Waals surface area contributed by atoms with E-state index in [1.807, 2.05) is 44.3 Å². The molecule has 2 N–H and O–H groups in total. The van der Waals surface area contributed by atoms with Crippen molar-refractivity contribution in [3.63, 3.8) is 0 Å². The minimum absolute atomic E-state index is 0.0580. The molecule has 3 aromatic rings. The Labute approximate surface area is 174 Å². The van der Waals surface area contributed by atoms with E-state index in [2.05, 4.69) is 26.3 Å². The summed E-state index contributed by atoms with van der Waals surface area (Å²) in [5.41, 5.74) is 4.17. The van der Waals surface area contributed by atoms with Gasteiger partial charge in [-0.2, -0.15) is 15.5 Å². The van der Waals surface area contributed by atoms with Gasteiger partial charge in [0.1, 0.15) is 11.3 Å². The summed E-state index contributed by atoms with van der Waals surface area (Å²) in [6.07, 6.45) is 7.58. The van der Waals surface area contributed by atoms with Gasteiger partial charge in [0.2, 0.25) is 11.8 Å². The molecule has 0 amide bonds. The molecule has 2 bridgehead atoms. The lowest BCUT2D eigenvalue weighted by molar-refractivity contribution is -0.0665. The maximum atomic E-state index is 9.25. The SMILES string of the molecule is Cc1cc(/C=C/C#N)cc(C)c1Oc1nc(NC23CC(C#N)(C2)C3)nc2cc[nH]c12. The van der Waals surface area contributed by atoms with E-state index in [4.69, 9.17) is 10.00 Å². The van der Waals surface area contributed by atoms with Gasteiger partial charge in [-0.15, -0.1) is 0 Å². The van der Waals surface area contributed by atoms with Crippen molar-refractivity contribution in [2.24, 2.45) is 5.41 Å². The molecule has 3 fully saturated rings. The standard InChI is InChI=1S/C23H20N6O/c1-14-8-16(4-3-6-24)9-15(2)19(14)30-20-18-17(5-7-26-18)27-21(28-20)29-23-10-22(11-23,12-23)13-25/h3-5,7-9,26H,10-12H2,1-2H3,(H,27,28,29)/b4-3+. The Morgan fingerprint density at radius 2 is 1.90 bits per heavy atom. The van der Waals surface area contributed by atoms with E-state index < -0.39 is 0 Å². The second-order valence-corrected chi connectivity index (χ2v) is 8.47. The molecule has 0 spiro atoms. The van der Waals surface area contributed by atoms with Gasteiger partial charge in [-0.25, -0.2) is 4.98 Å². The minimum atomic E-state index is -0.138. The van der Waals surface area contributed by atoms with Crippen molar-refractivity contribution in [2.75, 3.05) is 5.32 Å². The van der Waals surface area contributed by atoms with Gasteiger partial charge in [0, 0.05) is 17.8 Å². The zero-order valence-corrected chi connectivity index (χ0v) is 16.8. The van der Waals surface area contributed by atoms with Gasteiger partial charge in [-0.3, -0.25) is 0 Å². The lowest BCUT2D eigenvalue weighted by Crippen LogP contribution is -2.70. The number of fused-ring (bicyclic) bond motifs is 1. The third-order valence-electron chi connectivity index (χ3n) is 6.05. The Morgan fingerprint density at radius 1 is 1.17 bits per heavy atom. The minimum Gasteiger partial charge on any atom is -0.436 e. The van der Waals surface area contributed by atoms with Crippen molar-refractivity contribution in [2.45, 2.75) is 38.6 Å². The molecule has 0 radical (unpaired) electrons. The second kappa shape index (κ2) is 6.33. The number of anilines is 1. The molecule has 2 aromatic heterocycles. The Balaban J connectivity index is 1.46. The molecule has 0 aliphatic heterocycles. The van der Waals surface area contributed by atoms with Crippen molar-refractivity contribution in [3.8, 4) is 23.8 Å². The van der Waals surface area contributed by atoms with Crippen LogP contribution in [0.4, 0.5) is 5.95 Å². The summed E-state index contributed by atoms with van der Waals surface area (Å²) in [5.74, 6) is 1.71. The van der Waals surface area contributed by atoms with Crippen LogP contribution in [0.15, 0.2) is 30.5 Å². The van der Waals surface area contributed by atoms with E-state index in [9.17, 15) is 5.26 Å². The van der Waals surface area contributed by atoms with E-state index in [1.165, 1.54) is 6.08 Å². The third kappa shape index (κ3) is 2.79. The monoisotopic (exact) mass is 396 g/mol. The molecule has 3 aliphatic rings. The molecule has 6 rings (SSSR count). The number of nitrogens with zero attached hydrogens (tertiary/aromatic N) is 4. The largest absolute Gasteiger partial charge is 0.436 e. The van der Waals surface area contributed by atoms with Crippen molar-refractivity contribution in [3.05, 3.63) is 47.2 Å². The highest BCUT2D eigenvalue weighted by atomic mass is 16.5. The number of ether oxygens (including phenoxy) is 1. The number of hydrogen-bond acceptors (Lipinski definition) is 6. The summed E-state index contributed by atoms with van der Waals surface area (Å²) in [5, 5.41) is 21.4. The number of aromatic amines is 1. The summed E-state index contributed by atoms with van der Waals surface area (Å²) in [7, 11) is 0. The Morgan fingerprint density at radius 3 is 2.57 bits per heavy atom. The average Bonchev–Trinajstić information content (AvgIpc) is 3.13. The van der Waals surface area contributed by atoms with E-state index in [-0.39, 0.29) is 11.0 Å². The van der Waals surface area contributed by atoms with Crippen LogP contribution in [0.25, 0.3) is 17.1 Å². The van der Waals surface area contributed by atoms with Crippen LogP contribution in [0.2, 0.25) is 0 Å². The molecule has 0 saturated heterocycles. The molecular weight excluding hydrogens is 376 g/mol. The van der Waals surface area contributed by atoms with Crippen LogP contribution >= 0.6 is 0 Å². The van der Waals surface area contributed by atoms with Crippen molar-refractivity contribution in [1.29, 1.82) is 10.5 Å². The molecule has 2 heterocycles. The number of allylic oxidation sites excluding steroid dienone is 1. The predicted octanol–water partition coefficient (Wildman–Crippen LogP) is 4.76. The zero-order chi connectivity index (χ0) is 20.9. The topological polar surface area (TPSA) is 110 Å². The van der Waals surface area contributed by atoms with Crippen LogP contribution in [-0.2, 0) is 0 Å². The molecule has 7 nitrogen and oxygen atoms in total. The smallest absolute Gasteiger partial charge is 0.248 e.